The summed E-state index contributed by atoms with van der Waals surface area (Å²) < 4.78 is 18.7. The number of amides is 1. The fourth-order valence-corrected chi connectivity index (χ4v) is 4.93. The lowest BCUT2D eigenvalue weighted by Gasteiger charge is -2.23. The molecule has 2 N–H and O–H groups in total. The van der Waals surface area contributed by atoms with E-state index in [0.717, 1.165) is 16.7 Å². The van der Waals surface area contributed by atoms with Gasteiger partial charge in [-0.1, -0.05) is 48.2 Å². The zero-order chi connectivity index (χ0) is 26.5. The van der Waals surface area contributed by atoms with Crippen LogP contribution in [0.25, 0.3) is 6.08 Å². The first kappa shape index (κ1) is 26.1. The van der Waals surface area contributed by atoms with Crippen LogP contribution in [-0.4, -0.2) is 49.7 Å². The summed E-state index contributed by atoms with van der Waals surface area (Å²) >= 11 is 6.34. The molecule has 3 aromatic carbocycles. The number of carboxylic acid groups (broad SMARTS) is 1. The standard InChI is InChI=1S/C27H20FNO6S2/c28-19-7-5-18(6-8-19)23(31)15-35-21-11-3-17(4-12-21)14-24-25(32)29(27(36)37-24)22(26(33)34)13-16-1-9-20(30)10-2-16/h1-12,14,22,30H,13,15H2,(H,33,34)/b24-14-/t22-/m0/s1. The first-order valence-electron chi connectivity index (χ1n) is 11.0. The Bertz CT molecular complexity index is 1370. The quantitative estimate of drug-likeness (QED) is 0.230. The number of carbonyl (C=O) groups excluding carboxylic acids is 2. The molecule has 0 bridgehead atoms. The fraction of sp³-hybridized carbons (Fsp3) is 0.111. The third-order valence-electron chi connectivity index (χ3n) is 5.50. The minimum atomic E-state index is -1.20. The van der Waals surface area contributed by atoms with Gasteiger partial charge in [0.2, 0.25) is 0 Å². The molecule has 188 valence electrons. The van der Waals surface area contributed by atoms with Gasteiger partial charge in [-0.2, -0.15) is 0 Å². The maximum atomic E-state index is 13.1. The highest BCUT2D eigenvalue weighted by Crippen LogP contribution is 2.35. The van der Waals surface area contributed by atoms with Crippen LogP contribution < -0.4 is 4.74 Å². The minimum Gasteiger partial charge on any atom is -0.508 e. The highest BCUT2D eigenvalue weighted by molar-refractivity contribution is 8.26. The first-order valence-corrected chi connectivity index (χ1v) is 12.2. The van der Waals surface area contributed by atoms with Gasteiger partial charge >= 0.3 is 5.97 Å². The Kier molecular flexibility index (Phi) is 8.00. The summed E-state index contributed by atoms with van der Waals surface area (Å²) in [5.41, 5.74) is 1.63. The molecule has 1 aliphatic heterocycles. The van der Waals surface area contributed by atoms with Gasteiger partial charge < -0.3 is 14.9 Å². The van der Waals surface area contributed by atoms with E-state index in [9.17, 15) is 29.0 Å². The molecular formula is C27H20FNO6S2. The third-order valence-corrected chi connectivity index (χ3v) is 6.83. The molecule has 0 radical (unpaired) electrons. The number of halogens is 1. The van der Waals surface area contributed by atoms with E-state index in [1.165, 1.54) is 36.4 Å². The van der Waals surface area contributed by atoms with E-state index in [2.05, 4.69) is 0 Å². The van der Waals surface area contributed by atoms with Crippen molar-refractivity contribution in [3.63, 3.8) is 0 Å². The molecule has 1 saturated heterocycles. The number of carbonyl (C=O) groups is 3. The van der Waals surface area contributed by atoms with Crippen LogP contribution in [0.3, 0.4) is 0 Å². The molecule has 0 spiro atoms. The van der Waals surface area contributed by atoms with Crippen molar-refractivity contribution in [3.05, 3.63) is 100 Å². The van der Waals surface area contributed by atoms with Crippen molar-refractivity contribution >= 4 is 52.0 Å². The predicted octanol–water partition coefficient (Wildman–Crippen LogP) is 4.69. The van der Waals surface area contributed by atoms with Crippen LogP contribution in [0.2, 0.25) is 0 Å². The normalized spacial score (nSPS) is 15.2. The number of thioether (sulfide) groups is 1. The molecule has 1 amide bonds. The van der Waals surface area contributed by atoms with Crippen LogP contribution in [0, 0.1) is 5.82 Å². The van der Waals surface area contributed by atoms with E-state index in [1.54, 1.807) is 42.5 Å². The lowest BCUT2D eigenvalue weighted by molar-refractivity contribution is -0.145. The Morgan fingerprint density at radius 1 is 1.03 bits per heavy atom. The number of thiocarbonyl (C=S) groups is 1. The van der Waals surface area contributed by atoms with Gasteiger partial charge in [0.25, 0.3) is 5.91 Å². The number of phenols is 1. The van der Waals surface area contributed by atoms with Crippen molar-refractivity contribution < 1.29 is 33.7 Å². The Morgan fingerprint density at radius 2 is 1.68 bits per heavy atom. The van der Waals surface area contributed by atoms with Crippen molar-refractivity contribution in [1.82, 2.24) is 4.90 Å². The van der Waals surface area contributed by atoms with Gasteiger partial charge in [0, 0.05) is 12.0 Å². The zero-order valence-electron chi connectivity index (χ0n) is 19.2. The van der Waals surface area contributed by atoms with Gasteiger partial charge in [0.15, 0.2) is 12.4 Å². The summed E-state index contributed by atoms with van der Waals surface area (Å²) in [6, 6.07) is 16.7. The molecule has 7 nitrogen and oxygen atoms in total. The lowest BCUT2D eigenvalue weighted by atomic mass is 10.0. The first-order chi connectivity index (χ1) is 17.7. The molecule has 1 atom stereocenters. The lowest BCUT2D eigenvalue weighted by Crippen LogP contribution is -2.45. The van der Waals surface area contributed by atoms with Gasteiger partial charge in [-0.05, 0) is 65.7 Å². The summed E-state index contributed by atoms with van der Waals surface area (Å²) in [6.45, 7) is -0.221. The molecule has 1 fully saturated rings. The summed E-state index contributed by atoms with van der Waals surface area (Å²) in [4.78, 5) is 38.6. The number of phenolic OH excluding ortho intramolecular Hbond substituents is 1. The van der Waals surface area contributed by atoms with Gasteiger partial charge in [-0.25, -0.2) is 9.18 Å². The van der Waals surface area contributed by atoms with Crippen molar-refractivity contribution in [1.29, 1.82) is 0 Å². The molecule has 0 aromatic heterocycles. The minimum absolute atomic E-state index is 0.0258. The van der Waals surface area contributed by atoms with Crippen molar-refractivity contribution in [3.8, 4) is 11.5 Å². The molecule has 0 aliphatic carbocycles. The predicted molar refractivity (Wildman–Crippen MR) is 141 cm³/mol. The summed E-state index contributed by atoms with van der Waals surface area (Å²) in [5.74, 6) is -1.94. The van der Waals surface area contributed by atoms with Crippen LogP contribution in [-0.2, 0) is 16.0 Å². The van der Waals surface area contributed by atoms with Crippen LogP contribution in [0.5, 0.6) is 11.5 Å². The number of Topliss-reactive ketones (excluding diaryl/α,β-unsaturated/α-hetero) is 1. The summed E-state index contributed by atoms with van der Waals surface area (Å²) in [5, 5.41) is 19.2. The van der Waals surface area contributed by atoms with Crippen LogP contribution >= 0.6 is 24.0 Å². The zero-order valence-corrected chi connectivity index (χ0v) is 20.8. The number of ether oxygens (including phenoxy) is 1. The Balaban J connectivity index is 1.42. The van der Waals surface area contributed by atoms with E-state index in [1.807, 2.05) is 0 Å². The van der Waals surface area contributed by atoms with E-state index in [-0.39, 0.29) is 33.8 Å². The highest BCUT2D eigenvalue weighted by Gasteiger charge is 2.40. The number of aromatic hydroxyl groups is 1. The SMILES string of the molecule is O=C(COc1ccc(/C=C2\SC(=S)N([C@@H](Cc3ccc(O)cc3)C(=O)O)C2=O)cc1)c1ccc(F)cc1. The Labute approximate surface area is 221 Å². The van der Waals surface area contributed by atoms with Crippen LogP contribution in [0.1, 0.15) is 21.5 Å². The fourth-order valence-electron chi connectivity index (χ4n) is 3.57. The number of rotatable bonds is 9. The topological polar surface area (TPSA) is 104 Å². The molecule has 10 heteroatoms. The molecule has 4 rings (SSSR count). The maximum Gasteiger partial charge on any atom is 0.327 e. The highest BCUT2D eigenvalue weighted by atomic mass is 32.2. The van der Waals surface area contributed by atoms with E-state index >= 15 is 0 Å². The number of nitrogens with zero attached hydrogens (tertiary/aromatic N) is 1. The van der Waals surface area contributed by atoms with Crippen LogP contribution in [0.15, 0.2) is 77.7 Å². The number of carboxylic acids is 1. The molecule has 1 aliphatic rings. The monoisotopic (exact) mass is 537 g/mol. The molecule has 0 saturated carbocycles. The van der Waals surface area contributed by atoms with Crippen molar-refractivity contribution in [2.75, 3.05) is 6.61 Å². The Hall–Kier alpha value is -4.02. The second-order valence-corrected chi connectivity index (χ2v) is 9.74. The number of aliphatic carboxylic acids is 1. The van der Waals surface area contributed by atoms with E-state index in [0.29, 0.717) is 22.4 Å². The summed E-state index contributed by atoms with van der Waals surface area (Å²) in [7, 11) is 0. The number of benzene rings is 3. The average Bonchev–Trinajstić information content (AvgIpc) is 3.15. The van der Waals surface area contributed by atoms with Gasteiger partial charge in [-0.3, -0.25) is 14.5 Å². The largest absolute Gasteiger partial charge is 0.508 e. The van der Waals surface area contributed by atoms with Gasteiger partial charge in [0.1, 0.15) is 27.7 Å². The molecular weight excluding hydrogens is 517 g/mol. The van der Waals surface area contributed by atoms with E-state index < -0.39 is 23.7 Å². The average molecular weight is 538 g/mol. The number of ketones is 1. The number of hydrogen-bond donors (Lipinski definition) is 2. The van der Waals surface area contributed by atoms with E-state index in [4.69, 9.17) is 17.0 Å². The second kappa shape index (κ2) is 11.4. The molecule has 37 heavy (non-hydrogen) atoms. The number of hydrogen-bond acceptors (Lipinski definition) is 7. The molecule has 1 heterocycles. The maximum absolute atomic E-state index is 13.1. The molecule has 0 unspecified atom stereocenters. The third kappa shape index (κ3) is 6.41. The molecule has 3 aromatic rings. The van der Waals surface area contributed by atoms with Crippen molar-refractivity contribution in [2.24, 2.45) is 0 Å². The van der Waals surface area contributed by atoms with Gasteiger partial charge in [0.05, 0.1) is 4.91 Å². The smallest absolute Gasteiger partial charge is 0.327 e. The second-order valence-electron chi connectivity index (χ2n) is 8.06. The Morgan fingerprint density at radius 3 is 2.30 bits per heavy atom. The van der Waals surface area contributed by atoms with Crippen molar-refractivity contribution in [2.45, 2.75) is 12.5 Å². The summed E-state index contributed by atoms with van der Waals surface area (Å²) in [6.07, 6.45) is 1.63. The van der Waals surface area contributed by atoms with Gasteiger partial charge in [-0.15, -0.1) is 0 Å². The van der Waals surface area contributed by atoms with Crippen LogP contribution in [0.4, 0.5) is 4.39 Å².